The lowest BCUT2D eigenvalue weighted by atomic mass is 10.1. The Hall–Kier alpha value is -0.840. The first-order valence-corrected chi connectivity index (χ1v) is 7.27. The molecule has 17 heavy (non-hydrogen) atoms. The molecule has 0 aliphatic rings. The van der Waals surface area contributed by atoms with Gasteiger partial charge in [0.05, 0.1) is 12.5 Å². The molecule has 98 valence electrons. The first-order chi connectivity index (χ1) is 8.41. The normalized spacial score (nSPS) is 10.8. The summed E-state index contributed by atoms with van der Waals surface area (Å²) in [5.74, 6) is 0. The zero-order valence-electron chi connectivity index (χ0n) is 11.5. The number of hydrogen-bond acceptors (Lipinski definition) is 2. The molecule has 0 bridgehead atoms. The second-order valence-corrected chi connectivity index (χ2v) is 4.63. The maximum Gasteiger partial charge on any atom is 0.0700 e. The van der Waals surface area contributed by atoms with E-state index in [2.05, 4.69) is 18.0 Å². The van der Waals surface area contributed by atoms with Crippen LogP contribution in [-0.4, -0.2) is 12.8 Å². The van der Waals surface area contributed by atoms with Gasteiger partial charge in [-0.15, -0.1) is 0 Å². The Morgan fingerprint density at radius 3 is 1.94 bits per heavy atom. The molecule has 0 heterocycles. The van der Waals surface area contributed by atoms with Crippen LogP contribution in [-0.2, 0) is 0 Å². The largest absolute Gasteiger partial charge is 0.296 e. The van der Waals surface area contributed by atoms with Gasteiger partial charge in [0, 0.05) is 12.8 Å². The molecule has 0 aromatic heterocycles. The minimum Gasteiger partial charge on any atom is -0.296 e. The number of aliphatic imine (C=N–C) groups is 1. The summed E-state index contributed by atoms with van der Waals surface area (Å²) in [5.41, 5.74) is 0. The van der Waals surface area contributed by atoms with Crippen molar-refractivity contribution >= 4 is 6.21 Å². The third-order valence-electron chi connectivity index (χ3n) is 2.95. The van der Waals surface area contributed by atoms with Gasteiger partial charge in [0.2, 0.25) is 0 Å². The number of nitrogens with zero attached hydrogens (tertiary/aromatic N) is 2. The second-order valence-electron chi connectivity index (χ2n) is 4.63. The van der Waals surface area contributed by atoms with Gasteiger partial charge < -0.3 is 0 Å². The van der Waals surface area contributed by atoms with Crippen LogP contribution in [0.4, 0.5) is 0 Å². The van der Waals surface area contributed by atoms with E-state index in [0.717, 1.165) is 6.54 Å². The SMILES string of the molecule is CCCCCCCCCCCCN=CCC#N. The highest BCUT2D eigenvalue weighted by Gasteiger charge is 1.91. The number of unbranched alkanes of at least 4 members (excludes halogenated alkanes) is 9. The zero-order chi connectivity index (χ0) is 12.6. The van der Waals surface area contributed by atoms with Gasteiger partial charge in [-0.3, -0.25) is 4.99 Å². The minimum absolute atomic E-state index is 0.456. The summed E-state index contributed by atoms with van der Waals surface area (Å²) >= 11 is 0. The van der Waals surface area contributed by atoms with Crippen molar-refractivity contribution in [2.75, 3.05) is 6.54 Å². The summed E-state index contributed by atoms with van der Waals surface area (Å²) in [6.07, 6.45) is 15.8. The fourth-order valence-electron chi connectivity index (χ4n) is 1.89. The molecule has 2 nitrogen and oxygen atoms in total. The van der Waals surface area contributed by atoms with Crippen molar-refractivity contribution in [2.24, 2.45) is 4.99 Å². The highest BCUT2D eigenvalue weighted by Crippen LogP contribution is 2.10. The van der Waals surface area contributed by atoms with Gasteiger partial charge >= 0.3 is 0 Å². The van der Waals surface area contributed by atoms with E-state index in [1.807, 2.05) is 0 Å². The van der Waals surface area contributed by atoms with Crippen LogP contribution in [0, 0.1) is 11.3 Å². The minimum atomic E-state index is 0.456. The summed E-state index contributed by atoms with van der Waals surface area (Å²) in [6, 6.07) is 2.06. The van der Waals surface area contributed by atoms with Crippen molar-refractivity contribution in [3.05, 3.63) is 0 Å². The Bertz CT molecular complexity index is 203. The van der Waals surface area contributed by atoms with E-state index in [0.29, 0.717) is 6.42 Å². The third-order valence-corrected chi connectivity index (χ3v) is 2.95. The van der Waals surface area contributed by atoms with Crippen LogP contribution in [0.15, 0.2) is 4.99 Å². The van der Waals surface area contributed by atoms with E-state index in [4.69, 9.17) is 5.26 Å². The van der Waals surface area contributed by atoms with E-state index in [9.17, 15) is 0 Å². The number of rotatable bonds is 12. The lowest BCUT2D eigenvalue weighted by Crippen LogP contribution is -1.85. The Balaban J connectivity index is 2.96. The average Bonchev–Trinajstić information content (AvgIpc) is 2.35. The lowest BCUT2D eigenvalue weighted by Gasteiger charge is -2.01. The van der Waals surface area contributed by atoms with Crippen molar-refractivity contribution in [3.8, 4) is 6.07 Å². The molecule has 2 heteroatoms. The van der Waals surface area contributed by atoms with E-state index < -0.39 is 0 Å². The summed E-state index contributed by atoms with van der Waals surface area (Å²) in [7, 11) is 0. The van der Waals surface area contributed by atoms with Crippen LogP contribution < -0.4 is 0 Å². The third kappa shape index (κ3) is 15.2. The molecular weight excluding hydrogens is 208 g/mol. The van der Waals surface area contributed by atoms with Crippen LogP contribution in [0.2, 0.25) is 0 Å². The van der Waals surface area contributed by atoms with Gasteiger partial charge in [-0.05, 0) is 6.42 Å². The fraction of sp³-hybridized carbons (Fsp3) is 0.867. The molecule has 0 aromatic carbocycles. The van der Waals surface area contributed by atoms with Crippen LogP contribution in [0.1, 0.15) is 77.6 Å². The summed E-state index contributed by atoms with van der Waals surface area (Å²) in [6.45, 7) is 3.16. The Labute approximate surface area is 107 Å². The highest BCUT2D eigenvalue weighted by molar-refractivity contribution is 5.59. The Kier molecular flexibility index (Phi) is 14.4. The first kappa shape index (κ1) is 16.2. The van der Waals surface area contributed by atoms with Crippen LogP contribution in [0.5, 0.6) is 0 Å². The molecule has 0 aliphatic carbocycles. The molecule has 0 rings (SSSR count). The van der Waals surface area contributed by atoms with Crippen molar-refractivity contribution in [1.29, 1.82) is 5.26 Å². The van der Waals surface area contributed by atoms with E-state index in [1.54, 1.807) is 6.21 Å². The molecule has 0 saturated heterocycles. The predicted molar refractivity (Wildman–Crippen MR) is 75.4 cm³/mol. The van der Waals surface area contributed by atoms with Gasteiger partial charge in [0.15, 0.2) is 0 Å². The zero-order valence-corrected chi connectivity index (χ0v) is 11.5. The molecule has 0 aromatic rings. The van der Waals surface area contributed by atoms with Gasteiger partial charge in [0.25, 0.3) is 0 Å². The lowest BCUT2D eigenvalue weighted by molar-refractivity contribution is 0.558. The molecule has 0 saturated carbocycles. The molecule has 0 radical (unpaired) electrons. The number of hydrogen-bond donors (Lipinski definition) is 0. The average molecular weight is 236 g/mol. The van der Waals surface area contributed by atoms with Gasteiger partial charge in [0.1, 0.15) is 0 Å². The molecule has 0 aliphatic heterocycles. The smallest absolute Gasteiger partial charge is 0.0700 e. The van der Waals surface area contributed by atoms with E-state index in [1.165, 1.54) is 64.2 Å². The standard InChI is InChI=1S/C15H28N2/c1-2-3-4-5-6-7-8-9-10-11-14-17-15-12-13-16/h15H,2-12,14H2,1H3. The van der Waals surface area contributed by atoms with Gasteiger partial charge in [-0.1, -0.05) is 64.7 Å². The topological polar surface area (TPSA) is 36.1 Å². The van der Waals surface area contributed by atoms with Crippen LogP contribution in [0.3, 0.4) is 0 Å². The number of nitriles is 1. The van der Waals surface area contributed by atoms with Gasteiger partial charge in [-0.25, -0.2) is 0 Å². The Morgan fingerprint density at radius 1 is 0.882 bits per heavy atom. The molecule has 0 N–H and O–H groups in total. The Morgan fingerprint density at radius 2 is 1.41 bits per heavy atom. The van der Waals surface area contributed by atoms with E-state index >= 15 is 0 Å². The maximum absolute atomic E-state index is 8.30. The van der Waals surface area contributed by atoms with Crippen molar-refractivity contribution in [3.63, 3.8) is 0 Å². The molecule has 0 unspecified atom stereocenters. The summed E-state index contributed by atoms with van der Waals surface area (Å²) in [5, 5.41) is 8.30. The summed E-state index contributed by atoms with van der Waals surface area (Å²) in [4.78, 5) is 4.18. The quantitative estimate of drug-likeness (QED) is 0.351. The highest BCUT2D eigenvalue weighted by atomic mass is 14.7. The molecule has 0 amide bonds. The van der Waals surface area contributed by atoms with Crippen molar-refractivity contribution in [1.82, 2.24) is 0 Å². The molecule has 0 atom stereocenters. The second kappa shape index (κ2) is 15.2. The van der Waals surface area contributed by atoms with Crippen LogP contribution in [0.25, 0.3) is 0 Å². The monoisotopic (exact) mass is 236 g/mol. The molecular formula is C15H28N2. The predicted octanol–water partition coefficient (Wildman–Crippen LogP) is 4.89. The van der Waals surface area contributed by atoms with Crippen molar-refractivity contribution < 1.29 is 0 Å². The van der Waals surface area contributed by atoms with E-state index in [-0.39, 0.29) is 0 Å². The fourth-order valence-corrected chi connectivity index (χ4v) is 1.89. The molecule has 0 fully saturated rings. The first-order valence-electron chi connectivity index (χ1n) is 7.27. The van der Waals surface area contributed by atoms with Crippen molar-refractivity contribution in [2.45, 2.75) is 77.6 Å². The maximum atomic E-state index is 8.30. The van der Waals surface area contributed by atoms with Crippen LogP contribution >= 0.6 is 0 Å². The van der Waals surface area contributed by atoms with Gasteiger partial charge in [-0.2, -0.15) is 5.26 Å². The molecule has 0 spiro atoms. The summed E-state index contributed by atoms with van der Waals surface area (Å²) < 4.78 is 0.